The molecule has 3 aliphatic rings. The molecule has 2 bridgehead atoms. The summed E-state index contributed by atoms with van der Waals surface area (Å²) in [5.74, 6) is 0.0103. The normalized spacial score (nSPS) is 48.3. The molecule has 3 aliphatic heterocycles. The summed E-state index contributed by atoms with van der Waals surface area (Å²) in [6.45, 7) is 2.31. The van der Waals surface area contributed by atoms with E-state index in [0.29, 0.717) is 13.0 Å². The Balaban J connectivity index is 1.69. The third-order valence-corrected chi connectivity index (χ3v) is 4.28. The lowest BCUT2D eigenvalue weighted by Crippen LogP contribution is -2.54. The van der Waals surface area contributed by atoms with Crippen LogP contribution in [-0.2, 0) is 14.2 Å². The number of hydrogen-bond donors (Lipinski definition) is 1. The Morgan fingerprint density at radius 1 is 1.50 bits per heavy atom. The van der Waals surface area contributed by atoms with Gasteiger partial charge in [0, 0.05) is 12.3 Å². The average molecular weight is 253 g/mol. The summed E-state index contributed by atoms with van der Waals surface area (Å²) in [6.07, 6.45) is 2.38. The third kappa shape index (κ3) is 1.94. The van der Waals surface area contributed by atoms with Gasteiger partial charge in [-0.2, -0.15) is 5.26 Å². The lowest BCUT2D eigenvalue weighted by atomic mass is 9.84. The maximum Gasteiger partial charge on any atom is 0.181 e. The molecular formula is C13H19NO4. The number of hydrogen-bond acceptors (Lipinski definition) is 5. The van der Waals surface area contributed by atoms with Crippen LogP contribution in [0.3, 0.4) is 0 Å². The van der Waals surface area contributed by atoms with E-state index in [0.717, 1.165) is 19.3 Å². The first-order valence-electron chi connectivity index (χ1n) is 6.65. The second-order valence-electron chi connectivity index (χ2n) is 5.72. The molecule has 3 saturated heterocycles. The number of nitriles is 1. The Labute approximate surface area is 107 Å². The maximum absolute atomic E-state index is 9.64. The zero-order chi connectivity index (χ0) is 12.8. The first-order chi connectivity index (χ1) is 8.63. The molecule has 1 N–H and O–H groups in total. The topological polar surface area (TPSA) is 71.7 Å². The summed E-state index contributed by atoms with van der Waals surface area (Å²) in [5, 5.41) is 18.5. The lowest BCUT2D eigenvalue weighted by Gasteiger charge is -2.43. The van der Waals surface area contributed by atoms with E-state index in [9.17, 15) is 5.11 Å². The van der Waals surface area contributed by atoms with Crippen molar-refractivity contribution in [1.29, 1.82) is 5.26 Å². The second kappa shape index (κ2) is 4.46. The van der Waals surface area contributed by atoms with Gasteiger partial charge in [0.15, 0.2) is 6.29 Å². The van der Waals surface area contributed by atoms with E-state index in [4.69, 9.17) is 19.5 Å². The van der Waals surface area contributed by atoms with Gasteiger partial charge in [-0.3, -0.25) is 0 Å². The number of ether oxygens (including phenoxy) is 3. The van der Waals surface area contributed by atoms with Crippen LogP contribution in [0.5, 0.6) is 0 Å². The van der Waals surface area contributed by atoms with E-state index >= 15 is 0 Å². The van der Waals surface area contributed by atoms with Gasteiger partial charge in [-0.15, -0.1) is 0 Å². The molecule has 0 aliphatic carbocycles. The van der Waals surface area contributed by atoms with Crippen molar-refractivity contribution >= 4 is 0 Å². The first kappa shape index (κ1) is 12.4. The summed E-state index contributed by atoms with van der Waals surface area (Å²) in [7, 11) is 0. The number of rotatable bonds is 2. The Morgan fingerprint density at radius 2 is 2.33 bits per heavy atom. The predicted octanol–water partition coefficient (Wildman–Crippen LogP) is 0.960. The highest BCUT2D eigenvalue weighted by molar-refractivity contribution is 5.04. The molecule has 6 atom stereocenters. The minimum atomic E-state index is -0.818. The van der Waals surface area contributed by atoms with Crippen molar-refractivity contribution in [2.75, 3.05) is 6.61 Å². The average Bonchev–Trinajstić information content (AvgIpc) is 2.68. The van der Waals surface area contributed by atoms with E-state index in [1.165, 1.54) is 0 Å². The van der Waals surface area contributed by atoms with Gasteiger partial charge in [0.1, 0.15) is 11.7 Å². The molecule has 100 valence electrons. The smallest absolute Gasteiger partial charge is 0.181 e. The molecule has 1 spiro atoms. The van der Waals surface area contributed by atoms with Gasteiger partial charge < -0.3 is 19.3 Å². The molecule has 0 radical (unpaired) electrons. The van der Waals surface area contributed by atoms with Crippen molar-refractivity contribution in [2.24, 2.45) is 5.92 Å². The number of nitrogens with zero attached hydrogens (tertiary/aromatic N) is 1. The Bertz CT molecular complexity index is 368. The SMILES string of the molecule is C[C@@H](C#N)CC1CCC2O[C@@H]3CC2(COC3O)O1. The second-order valence-corrected chi connectivity index (χ2v) is 5.72. The van der Waals surface area contributed by atoms with Crippen LogP contribution >= 0.6 is 0 Å². The highest BCUT2D eigenvalue weighted by Crippen LogP contribution is 2.46. The van der Waals surface area contributed by atoms with Crippen molar-refractivity contribution in [2.45, 2.75) is 62.8 Å². The van der Waals surface area contributed by atoms with Crippen LogP contribution in [0.15, 0.2) is 0 Å². The van der Waals surface area contributed by atoms with Crippen molar-refractivity contribution in [3.63, 3.8) is 0 Å². The van der Waals surface area contributed by atoms with Crippen LogP contribution in [0.2, 0.25) is 0 Å². The number of fused-ring (bicyclic) bond motifs is 1. The number of aliphatic hydroxyl groups is 1. The fraction of sp³-hybridized carbons (Fsp3) is 0.923. The van der Waals surface area contributed by atoms with Gasteiger partial charge in [0.2, 0.25) is 0 Å². The largest absolute Gasteiger partial charge is 0.366 e. The van der Waals surface area contributed by atoms with Gasteiger partial charge >= 0.3 is 0 Å². The quantitative estimate of drug-likeness (QED) is 0.793. The maximum atomic E-state index is 9.64. The van der Waals surface area contributed by atoms with Crippen LogP contribution in [0.1, 0.15) is 32.6 Å². The molecule has 0 aromatic carbocycles. The minimum Gasteiger partial charge on any atom is -0.366 e. The fourth-order valence-corrected chi connectivity index (χ4v) is 3.34. The van der Waals surface area contributed by atoms with Crippen LogP contribution in [0, 0.1) is 17.2 Å². The van der Waals surface area contributed by atoms with Crippen LogP contribution in [-0.4, -0.2) is 41.9 Å². The monoisotopic (exact) mass is 253 g/mol. The van der Waals surface area contributed by atoms with Gasteiger partial charge in [0.05, 0.1) is 24.9 Å². The standard InChI is InChI=1S/C13H19NO4/c1-8(6-14)4-9-2-3-11-13(18-9)5-10(17-11)12(15)16-7-13/h8-12,15H,2-5,7H2,1H3/t8-,9?,10-,11?,12?,13?/m1/s1. The molecule has 4 unspecified atom stereocenters. The summed E-state index contributed by atoms with van der Waals surface area (Å²) < 4.78 is 17.3. The molecule has 0 saturated carbocycles. The van der Waals surface area contributed by atoms with E-state index in [1.807, 2.05) is 6.92 Å². The first-order valence-corrected chi connectivity index (χ1v) is 6.65. The van der Waals surface area contributed by atoms with Crippen molar-refractivity contribution in [3.05, 3.63) is 0 Å². The molecule has 18 heavy (non-hydrogen) atoms. The molecule has 3 heterocycles. The fourth-order valence-electron chi connectivity index (χ4n) is 3.34. The van der Waals surface area contributed by atoms with E-state index in [2.05, 4.69) is 6.07 Å². The lowest BCUT2D eigenvalue weighted by molar-refractivity contribution is -0.223. The Hall–Kier alpha value is -0.670. The van der Waals surface area contributed by atoms with E-state index in [1.54, 1.807) is 0 Å². The van der Waals surface area contributed by atoms with Crippen molar-refractivity contribution in [1.82, 2.24) is 0 Å². The minimum absolute atomic E-state index is 0.0103. The molecule has 0 aromatic heterocycles. The Morgan fingerprint density at radius 3 is 3.11 bits per heavy atom. The zero-order valence-corrected chi connectivity index (χ0v) is 10.5. The van der Waals surface area contributed by atoms with Crippen molar-refractivity contribution < 1.29 is 19.3 Å². The van der Waals surface area contributed by atoms with Gasteiger partial charge in [-0.25, -0.2) is 0 Å². The van der Waals surface area contributed by atoms with Crippen LogP contribution in [0.25, 0.3) is 0 Å². The molecule has 0 aromatic rings. The summed E-state index contributed by atoms with van der Waals surface area (Å²) in [5.41, 5.74) is -0.387. The molecule has 3 fully saturated rings. The van der Waals surface area contributed by atoms with Gasteiger partial charge in [-0.05, 0) is 26.2 Å². The zero-order valence-electron chi connectivity index (χ0n) is 10.5. The summed E-state index contributed by atoms with van der Waals surface area (Å²) >= 11 is 0. The van der Waals surface area contributed by atoms with E-state index in [-0.39, 0.29) is 29.8 Å². The van der Waals surface area contributed by atoms with Crippen LogP contribution in [0.4, 0.5) is 0 Å². The van der Waals surface area contributed by atoms with Crippen molar-refractivity contribution in [3.8, 4) is 6.07 Å². The van der Waals surface area contributed by atoms with Gasteiger partial charge in [0.25, 0.3) is 0 Å². The number of aliphatic hydroxyl groups excluding tert-OH is 1. The van der Waals surface area contributed by atoms with Gasteiger partial charge in [-0.1, -0.05) is 0 Å². The van der Waals surface area contributed by atoms with E-state index < -0.39 is 6.29 Å². The molecule has 5 heteroatoms. The summed E-state index contributed by atoms with van der Waals surface area (Å²) in [4.78, 5) is 0. The Kier molecular flexibility index (Phi) is 3.07. The molecular weight excluding hydrogens is 234 g/mol. The van der Waals surface area contributed by atoms with Crippen LogP contribution < -0.4 is 0 Å². The molecule has 3 rings (SSSR count). The molecule has 0 amide bonds. The highest BCUT2D eigenvalue weighted by atomic mass is 16.7. The predicted molar refractivity (Wildman–Crippen MR) is 61.5 cm³/mol. The third-order valence-electron chi connectivity index (χ3n) is 4.28. The summed E-state index contributed by atoms with van der Waals surface area (Å²) in [6, 6.07) is 2.25. The highest BCUT2D eigenvalue weighted by Gasteiger charge is 2.58. The molecule has 5 nitrogen and oxygen atoms in total.